The molecule has 0 unspecified atom stereocenters. The van der Waals surface area contributed by atoms with E-state index in [2.05, 4.69) is 35.3 Å². The van der Waals surface area contributed by atoms with Gasteiger partial charge in [-0.05, 0) is 57.7 Å². The number of rotatable bonds is 11. The Morgan fingerprint density at radius 3 is 2.84 bits per heavy atom. The van der Waals surface area contributed by atoms with E-state index >= 15 is 0 Å². The van der Waals surface area contributed by atoms with Gasteiger partial charge in [0.2, 0.25) is 15.9 Å². The van der Waals surface area contributed by atoms with Gasteiger partial charge in [0.15, 0.2) is 5.01 Å². The molecule has 0 bridgehead atoms. The smallest absolute Gasteiger partial charge is 0.280 e. The largest absolute Gasteiger partial charge is 0.477 e. The molecule has 3 aromatic rings. The molecule has 2 atom stereocenters. The highest BCUT2D eigenvalue weighted by Crippen LogP contribution is 2.31. The maximum absolute atomic E-state index is 13.3. The molecule has 2 fully saturated rings. The predicted octanol–water partition coefficient (Wildman–Crippen LogP) is 3.30. The van der Waals surface area contributed by atoms with Crippen molar-refractivity contribution in [2.45, 2.75) is 62.8 Å². The molecule has 3 aromatic heterocycles. The van der Waals surface area contributed by atoms with E-state index in [-0.39, 0.29) is 22.2 Å². The number of carbonyl (C=O) groups is 1. The summed E-state index contributed by atoms with van der Waals surface area (Å²) in [6, 6.07) is 3.12. The monoisotopic (exact) mass is 557 g/mol. The fourth-order valence-corrected chi connectivity index (χ4v) is 6.55. The van der Waals surface area contributed by atoms with Gasteiger partial charge in [-0.15, -0.1) is 11.3 Å². The van der Waals surface area contributed by atoms with Gasteiger partial charge in [0.1, 0.15) is 5.69 Å². The van der Waals surface area contributed by atoms with Crippen LogP contribution in [0.25, 0.3) is 10.6 Å². The molecule has 2 aliphatic rings. The fraction of sp³-hybridized carbons (Fsp3) is 0.480. The lowest BCUT2D eigenvalue weighted by Crippen LogP contribution is -2.39. The first kappa shape index (κ1) is 26.4. The maximum Gasteiger partial charge on any atom is 0.280 e. The van der Waals surface area contributed by atoms with E-state index in [9.17, 15) is 13.2 Å². The molecular formula is C25H31N7O4S2. The zero-order chi connectivity index (χ0) is 26.5. The number of amides is 1. The van der Waals surface area contributed by atoms with Crippen LogP contribution in [0.4, 0.5) is 5.69 Å². The Morgan fingerprint density at radius 1 is 1.21 bits per heavy atom. The third-order valence-corrected chi connectivity index (χ3v) is 9.34. The van der Waals surface area contributed by atoms with E-state index in [0.717, 1.165) is 25.8 Å². The molecule has 38 heavy (non-hydrogen) atoms. The summed E-state index contributed by atoms with van der Waals surface area (Å²) in [4.78, 5) is 31.4. The minimum atomic E-state index is -3.41. The molecular weight excluding hydrogens is 526 g/mol. The molecule has 1 aliphatic heterocycles. The van der Waals surface area contributed by atoms with E-state index in [1.54, 1.807) is 30.7 Å². The second-order valence-electron chi connectivity index (χ2n) is 9.43. The summed E-state index contributed by atoms with van der Waals surface area (Å²) in [6.07, 6.45) is 11.5. The highest BCUT2D eigenvalue weighted by molar-refractivity contribution is 7.93. The molecule has 0 aromatic carbocycles. The highest BCUT2D eigenvalue weighted by Gasteiger charge is 2.36. The molecule has 13 heteroatoms. The van der Waals surface area contributed by atoms with Crippen molar-refractivity contribution in [3.63, 3.8) is 0 Å². The molecule has 1 saturated carbocycles. The Bertz CT molecular complexity index is 1370. The van der Waals surface area contributed by atoms with Crippen LogP contribution in [-0.2, 0) is 10.0 Å². The molecule has 4 heterocycles. The van der Waals surface area contributed by atoms with E-state index in [0.29, 0.717) is 53.7 Å². The molecule has 5 rings (SSSR count). The van der Waals surface area contributed by atoms with Gasteiger partial charge in [0.25, 0.3) is 5.91 Å². The number of anilines is 1. The molecule has 3 N–H and O–H groups in total. The standard InChI is InChI=1S/C25H31N7O4S2/c1-2-36-23-15-26-13-21(30-23)22-14-29-25(37-22)24(33)31-20(11-16-5-3-4-9-27-16)19-12-17(8-10-28-19)32-38(34,35)18-6-7-18/h8,10,12-16,18,20,27H,2-7,9,11H2,1H3,(H,28,32)(H,31,33)/t16-,20+/m1/s1. The van der Waals surface area contributed by atoms with Crippen LogP contribution in [0.3, 0.4) is 0 Å². The molecule has 11 nitrogen and oxygen atoms in total. The van der Waals surface area contributed by atoms with Crippen LogP contribution >= 0.6 is 11.3 Å². The average molecular weight is 558 g/mol. The van der Waals surface area contributed by atoms with Crippen molar-refractivity contribution in [3.05, 3.63) is 47.6 Å². The normalized spacial score (nSPS) is 18.5. The number of piperidine rings is 1. The van der Waals surface area contributed by atoms with Crippen LogP contribution in [0.15, 0.2) is 36.9 Å². The molecule has 0 spiro atoms. The number of carbonyl (C=O) groups excluding carboxylic acids is 1. The van der Waals surface area contributed by atoms with E-state index in [1.807, 2.05) is 6.92 Å². The van der Waals surface area contributed by atoms with Crippen LogP contribution < -0.4 is 20.1 Å². The number of nitrogens with one attached hydrogen (secondary N) is 3. The summed E-state index contributed by atoms with van der Waals surface area (Å²) in [5.41, 5.74) is 1.61. The number of thiazole rings is 1. The van der Waals surface area contributed by atoms with Crippen LogP contribution in [0.1, 0.15) is 67.0 Å². The Kier molecular flexibility index (Phi) is 8.15. The third-order valence-electron chi connectivity index (χ3n) is 6.46. The first-order chi connectivity index (χ1) is 18.4. The van der Waals surface area contributed by atoms with Gasteiger partial charge in [-0.1, -0.05) is 6.42 Å². The zero-order valence-corrected chi connectivity index (χ0v) is 22.7. The van der Waals surface area contributed by atoms with Crippen molar-refractivity contribution in [2.24, 2.45) is 0 Å². The van der Waals surface area contributed by atoms with Crippen molar-refractivity contribution in [3.8, 4) is 16.5 Å². The lowest BCUT2D eigenvalue weighted by molar-refractivity contribution is 0.0929. The molecule has 1 amide bonds. The summed E-state index contributed by atoms with van der Waals surface area (Å²) in [7, 11) is -3.41. The Balaban J connectivity index is 1.35. The van der Waals surface area contributed by atoms with Gasteiger partial charge < -0.3 is 15.4 Å². The van der Waals surface area contributed by atoms with Crippen molar-refractivity contribution in [1.29, 1.82) is 0 Å². The average Bonchev–Trinajstić information content (AvgIpc) is 3.67. The fourth-order valence-electron chi connectivity index (χ4n) is 4.39. The minimum absolute atomic E-state index is 0.214. The number of aromatic nitrogens is 4. The molecule has 1 aliphatic carbocycles. The van der Waals surface area contributed by atoms with Crippen molar-refractivity contribution < 1.29 is 17.9 Å². The van der Waals surface area contributed by atoms with Gasteiger partial charge in [-0.3, -0.25) is 19.5 Å². The predicted molar refractivity (Wildman–Crippen MR) is 145 cm³/mol. The Morgan fingerprint density at radius 2 is 2.08 bits per heavy atom. The first-order valence-electron chi connectivity index (χ1n) is 12.8. The number of nitrogens with zero attached hydrogens (tertiary/aromatic N) is 4. The van der Waals surface area contributed by atoms with Crippen molar-refractivity contribution >= 4 is 33.0 Å². The summed E-state index contributed by atoms with van der Waals surface area (Å²) in [5.74, 6) is 0.0782. The number of hydrogen-bond donors (Lipinski definition) is 3. The van der Waals surface area contributed by atoms with Gasteiger partial charge in [0, 0.05) is 18.4 Å². The van der Waals surface area contributed by atoms with Crippen molar-refractivity contribution in [1.82, 2.24) is 30.6 Å². The number of sulfonamides is 1. The molecule has 0 radical (unpaired) electrons. The lowest BCUT2D eigenvalue weighted by atomic mass is 9.96. The topological polar surface area (TPSA) is 148 Å². The van der Waals surface area contributed by atoms with Gasteiger partial charge in [-0.25, -0.2) is 18.4 Å². The number of pyridine rings is 1. The van der Waals surface area contributed by atoms with E-state index in [4.69, 9.17) is 4.74 Å². The summed E-state index contributed by atoms with van der Waals surface area (Å²) in [6.45, 7) is 3.27. The Labute approximate surface area is 225 Å². The number of ether oxygens (including phenoxy) is 1. The molecule has 202 valence electrons. The zero-order valence-electron chi connectivity index (χ0n) is 21.1. The second-order valence-corrected chi connectivity index (χ2v) is 12.4. The minimum Gasteiger partial charge on any atom is -0.477 e. The molecule has 1 saturated heterocycles. The van der Waals surface area contributed by atoms with Crippen molar-refractivity contribution in [2.75, 3.05) is 17.9 Å². The second kappa shape index (κ2) is 11.7. The van der Waals surface area contributed by atoms with Crippen LogP contribution in [0.2, 0.25) is 0 Å². The van der Waals surface area contributed by atoms with E-state index in [1.165, 1.54) is 17.5 Å². The van der Waals surface area contributed by atoms with E-state index < -0.39 is 16.1 Å². The van der Waals surface area contributed by atoms with Gasteiger partial charge in [-0.2, -0.15) is 0 Å². The highest BCUT2D eigenvalue weighted by atomic mass is 32.2. The SMILES string of the molecule is CCOc1cncc(-c2cnc(C(=O)N[C@@H](C[C@H]3CCCCN3)c3cc(NS(=O)(=O)C4CC4)ccn3)s2)n1. The van der Waals surface area contributed by atoms with Crippen LogP contribution in [0, 0.1) is 0 Å². The maximum atomic E-state index is 13.3. The summed E-state index contributed by atoms with van der Waals surface area (Å²) >= 11 is 1.22. The summed E-state index contributed by atoms with van der Waals surface area (Å²) < 4.78 is 33.0. The van der Waals surface area contributed by atoms with Crippen LogP contribution in [-0.4, -0.2) is 58.7 Å². The quantitative estimate of drug-likeness (QED) is 0.323. The lowest BCUT2D eigenvalue weighted by Gasteiger charge is -2.28. The Hall–Kier alpha value is -3.16. The summed E-state index contributed by atoms with van der Waals surface area (Å²) in [5, 5.41) is 6.56. The van der Waals surface area contributed by atoms with Gasteiger partial charge >= 0.3 is 0 Å². The number of hydrogen-bond acceptors (Lipinski definition) is 10. The van der Waals surface area contributed by atoms with Gasteiger partial charge in [0.05, 0.1) is 46.6 Å². The first-order valence-corrected chi connectivity index (χ1v) is 15.2. The van der Waals surface area contributed by atoms with Crippen LogP contribution in [0.5, 0.6) is 5.88 Å². The third kappa shape index (κ3) is 6.63.